The van der Waals surface area contributed by atoms with Crippen molar-refractivity contribution in [2.75, 3.05) is 0 Å². The molecule has 0 aliphatic carbocycles. The zero-order chi connectivity index (χ0) is 12.8. The van der Waals surface area contributed by atoms with E-state index in [1.54, 1.807) is 0 Å². The second-order valence-electron chi connectivity index (χ2n) is 4.99. The van der Waals surface area contributed by atoms with Crippen molar-refractivity contribution >= 4 is 5.78 Å². The van der Waals surface area contributed by atoms with E-state index in [4.69, 9.17) is 0 Å². The minimum absolute atomic E-state index is 0.0659. The molecule has 0 amide bonds. The van der Waals surface area contributed by atoms with Crippen molar-refractivity contribution in [2.45, 2.75) is 46.5 Å². The van der Waals surface area contributed by atoms with Crippen LogP contribution in [0.4, 0.5) is 0 Å². The van der Waals surface area contributed by atoms with Gasteiger partial charge in [-0.1, -0.05) is 64.4 Å². The van der Waals surface area contributed by atoms with E-state index in [-0.39, 0.29) is 11.8 Å². The van der Waals surface area contributed by atoms with Crippen molar-refractivity contribution in [3.05, 3.63) is 35.9 Å². The number of benzene rings is 1. The molecular formula is C16H24O. The summed E-state index contributed by atoms with van der Waals surface area (Å²) in [6, 6.07) is 10.2. The third kappa shape index (κ3) is 3.42. The zero-order valence-corrected chi connectivity index (χ0v) is 11.4. The van der Waals surface area contributed by atoms with Crippen LogP contribution in [-0.4, -0.2) is 5.78 Å². The van der Waals surface area contributed by atoms with E-state index < -0.39 is 0 Å². The van der Waals surface area contributed by atoms with Gasteiger partial charge in [0.1, 0.15) is 5.78 Å². The molecule has 0 fully saturated rings. The van der Waals surface area contributed by atoms with E-state index in [2.05, 4.69) is 32.9 Å². The molecule has 0 saturated heterocycles. The predicted octanol–water partition coefficient (Wildman–Crippen LogP) is 4.43. The van der Waals surface area contributed by atoms with Crippen molar-refractivity contribution in [3.63, 3.8) is 0 Å². The van der Waals surface area contributed by atoms with Crippen molar-refractivity contribution in [1.29, 1.82) is 0 Å². The van der Waals surface area contributed by atoms with Gasteiger partial charge in [0.15, 0.2) is 0 Å². The van der Waals surface area contributed by atoms with Crippen LogP contribution in [0.1, 0.15) is 52.0 Å². The second kappa shape index (κ2) is 6.58. The Hall–Kier alpha value is -1.11. The summed E-state index contributed by atoms with van der Waals surface area (Å²) in [5.41, 5.74) is 1.17. The zero-order valence-electron chi connectivity index (χ0n) is 11.4. The third-order valence-electron chi connectivity index (χ3n) is 3.78. The topological polar surface area (TPSA) is 17.1 Å². The van der Waals surface area contributed by atoms with E-state index in [1.165, 1.54) is 5.56 Å². The molecule has 1 aromatic rings. The number of carbonyl (C=O) groups excluding carboxylic acids is 1. The highest BCUT2D eigenvalue weighted by atomic mass is 16.1. The van der Waals surface area contributed by atoms with Gasteiger partial charge < -0.3 is 0 Å². The smallest absolute Gasteiger partial charge is 0.143 e. The number of ketones is 1. The lowest BCUT2D eigenvalue weighted by Gasteiger charge is -2.24. The molecule has 0 aliphatic rings. The molecule has 1 heteroatoms. The van der Waals surface area contributed by atoms with Crippen LogP contribution in [-0.2, 0) is 4.79 Å². The van der Waals surface area contributed by atoms with Gasteiger partial charge >= 0.3 is 0 Å². The summed E-state index contributed by atoms with van der Waals surface area (Å²) in [4.78, 5) is 12.5. The SMILES string of the molecule is CCC(C)C(=O)C(c1ccccc1)C(C)CC. The monoisotopic (exact) mass is 232 g/mol. The molecule has 3 unspecified atom stereocenters. The van der Waals surface area contributed by atoms with Crippen LogP contribution >= 0.6 is 0 Å². The Balaban J connectivity index is 3.01. The Labute approximate surface area is 105 Å². The lowest BCUT2D eigenvalue weighted by Crippen LogP contribution is -2.24. The van der Waals surface area contributed by atoms with Gasteiger partial charge in [-0.15, -0.1) is 0 Å². The molecule has 0 heterocycles. The molecule has 0 spiro atoms. The van der Waals surface area contributed by atoms with Gasteiger partial charge in [0.05, 0.1) is 0 Å². The molecule has 1 rings (SSSR count). The summed E-state index contributed by atoms with van der Waals surface area (Å²) in [7, 11) is 0. The van der Waals surface area contributed by atoms with Crippen molar-refractivity contribution < 1.29 is 4.79 Å². The Morgan fingerprint density at radius 3 is 2.12 bits per heavy atom. The largest absolute Gasteiger partial charge is 0.299 e. The Kier molecular flexibility index (Phi) is 5.40. The van der Waals surface area contributed by atoms with Crippen LogP contribution < -0.4 is 0 Å². The number of carbonyl (C=O) groups is 1. The van der Waals surface area contributed by atoms with Gasteiger partial charge in [-0.25, -0.2) is 0 Å². The summed E-state index contributed by atoms with van der Waals surface area (Å²) in [6.07, 6.45) is 1.97. The van der Waals surface area contributed by atoms with Crippen molar-refractivity contribution in [1.82, 2.24) is 0 Å². The first-order valence-corrected chi connectivity index (χ1v) is 6.70. The van der Waals surface area contributed by atoms with Gasteiger partial charge in [-0.3, -0.25) is 4.79 Å². The maximum atomic E-state index is 12.5. The normalized spacial score (nSPS) is 16.2. The van der Waals surface area contributed by atoms with Crippen LogP contribution in [0.25, 0.3) is 0 Å². The fourth-order valence-corrected chi connectivity index (χ4v) is 2.18. The Bertz CT molecular complexity index is 342. The molecular weight excluding hydrogens is 208 g/mol. The quantitative estimate of drug-likeness (QED) is 0.709. The molecule has 1 nitrogen and oxygen atoms in total. The number of rotatable bonds is 6. The van der Waals surface area contributed by atoms with E-state index in [9.17, 15) is 4.79 Å². The summed E-state index contributed by atoms with van der Waals surface area (Å²) >= 11 is 0. The molecule has 0 bridgehead atoms. The first-order valence-electron chi connectivity index (χ1n) is 6.70. The van der Waals surface area contributed by atoms with Crippen molar-refractivity contribution in [3.8, 4) is 0 Å². The molecule has 94 valence electrons. The minimum Gasteiger partial charge on any atom is -0.299 e. The molecule has 0 aromatic heterocycles. The second-order valence-corrected chi connectivity index (χ2v) is 4.99. The Morgan fingerprint density at radius 1 is 1.06 bits per heavy atom. The highest BCUT2D eigenvalue weighted by Gasteiger charge is 2.28. The minimum atomic E-state index is 0.0659. The maximum Gasteiger partial charge on any atom is 0.143 e. The van der Waals surface area contributed by atoms with Crippen LogP contribution in [0, 0.1) is 11.8 Å². The van der Waals surface area contributed by atoms with Crippen LogP contribution in [0.3, 0.4) is 0 Å². The molecule has 0 saturated carbocycles. The maximum absolute atomic E-state index is 12.5. The lowest BCUT2D eigenvalue weighted by atomic mass is 9.78. The number of hydrogen-bond acceptors (Lipinski definition) is 1. The number of hydrogen-bond donors (Lipinski definition) is 0. The van der Waals surface area contributed by atoms with E-state index >= 15 is 0 Å². The van der Waals surface area contributed by atoms with Crippen LogP contribution in [0.2, 0.25) is 0 Å². The fraction of sp³-hybridized carbons (Fsp3) is 0.562. The van der Waals surface area contributed by atoms with Crippen LogP contribution in [0.5, 0.6) is 0 Å². The standard InChI is InChI=1S/C16H24O/c1-5-12(3)15(16(17)13(4)6-2)14-10-8-7-9-11-14/h7-13,15H,5-6H2,1-4H3. The van der Waals surface area contributed by atoms with Crippen LogP contribution in [0.15, 0.2) is 30.3 Å². The Morgan fingerprint density at radius 2 is 1.65 bits per heavy atom. The lowest BCUT2D eigenvalue weighted by molar-refractivity contribution is -0.125. The predicted molar refractivity (Wildman–Crippen MR) is 73.1 cm³/mol. The summed E-state index contributed by atoms with van der Waals surface area (Å²) < 4.78 is 0. The molecule has 0 aliphatic heterocycles. The summed E-state index contributed by atoms with van der Waals surface area (Å²) in [5.74, 6) is 1.04. The molecule has 0 N–H and O–H groups in total. The molecule has 3 atom stereocenters. The van der Waals surface area contributed by atoms with Gasteiger partial charge in [-0.05, 0) is 17.9 Å². The van der Waals surface area contributed by atoms with E-state index in [1.807, 2.05) is 25.1 Å². The van der Waals surface area contributed by atoms with Gasteiger partial charge in [0.25, 0.3) is 0 Å². The van der Waals surface area contributed by atoms with Crippen molar-refractivity contribution in [2.24, 2.45) is 11.8 Å². The third-order valence-corrected chi connectivity index (χ3v) is 3.78. The van der Waals surface area contributed by atoms with E-state index in [0.717, 1.165) is 12.8 Å². The summed E-state index contributed by atoms with van der Waals surface area (Å²) in [5, 5.41) is 0. The highest BCUT2D eigenvalue weighted by molar-refractivity contribution is 5.87. The van der Waals surface area contributed by atoms with Gasteiger partial charge in [-0.2, -0.15) is 0 Å². The van der Waals surface area contributed by atoms with Gasteiger partial charge in [0, 0.05) is 11.8 Å². The first kappa shape index (κ1) is 14.0. The molecule has 17 heavy (non-hydrogen) atoms. The highest BCUT2D eigenvalue weighted by Crippen LogP contribution is 2.30. The van der Waals surface area contributed by atoms with Gasteiger partial charge in [0.2, 0.25) is 0 Å². The van der Waals surface area contributed by atoms with E-state index in [0.29, 0.717) is 11.7 Å². The summed E-state index contributed by atoms with van der Waals surface area (Å²) in [6.45, 7) is 8.46. The first-order chi connectivity index (χ1) is 8.11. The average molecular weight is 232 g/mol. The molecule has 1 aromatic carbocycles. The fourth-order valence-electron chi connectivity index (χ4n) is 2.18. The number of Topliss-reactive ketones (excluding diaryl/α,β-unsaturated/α-hetero) is 1. The molecule has 0 radical (unpaired) electrons. The average Bonchev–Trinajstić information content (AvgIpc) is 2.38.